The summed E-state index contributed by atoms with van der Waals surface area (Å²) in [5, 5.41) is 2.61. The van der Waals surface area contributed by atoms with Gasteiger partial charge in [-0.05, 0) is 135 Å². The van der Waals surface area contributed by atoms with Gasteiger partial charge in [-0.15, -0.1) is 0 Å². The Labute approximate surface area is 211 Å². The summed E-state index contributed by atoms with van der Waals surface area (Å²) in [6.07, 6.45) is 21.8. The third-order valence-corrected chi connectivity index (χ3v) is 11.9. The van der Waals surface area contributed by atoms with Crippen molar-refractivity contribution in [3.8, 4) is 0 Å². The van der Waals surface area contributed by atoms with Crippen molar-refractivity contribution in [3.05, 3.63) is 65.5 Å². The molecule has 0 radical (unpaired) electrons. The van der Waals surface area contributed by atoms with Crippen LogP contribution in [0.15, 0.2) is 60.0 Å². The normalized spacial score (nSPS) is 39.9. The second-order valence-corrected chi connectivity index (χ2v) is 13.5. The van der Waals surface area contributed by atoms with E-state index in [1.54, 1.807) is 11.1 Å². The minimum atomic E-state index is 0.374. The Morgan fingerprint density at radius 1 is 1.06 bits per heavy atom. The maximum atomic E-state index is 4.41. The molecule has 3 saturated carbocycles. The lowest BCUT2D eigenvalue weighted by Gasteiger charge is -2.55. The molecule has 3 fully saturated rings. The average molecular weight is 467 g/mol. The molecular formula is C33H42N2. The van der Waals surface area contributed by atoms with Crippen LogP contribution in [0, 0.1) is 22.2 Å². The quantitative estimate of drug-likeness (QED) is 0.455. The molecule has 0 saturated heterocycles. The Bertz CT molecular complexity index is 1240. The SMILES string of the molecule is CC(C)N(C)[C@H]1CCC2=CC3=CCC4(C)[C@@H](c5ccc6ccncc6c5)CC[C@H]4[C@@]34CC[C@]2(C1)C4. The van der Waals surface area contributed by atoms with E-state index < -0.39 is 0 Å². The van der Waals surface area contributed by atoms with Crippen molar-refractivity contribution in [2.45, 2.75) is 96.6 Å². The van der Waals surface area contributed by atoms with Crippen molar-refractivity contribution in [1.82, 2.24) is 9.88 Å². The van der Waals surface area contributed by atoms with Crippen LogP contribution < -0.4 is 0 Å². The summed E-state index contributed by atoms with van der Waals surface area (Å²) in [6, 6.07) is 10.8. The second kappa shape index (κ2) is 7.54. The zero-order valence-electron chi connectivity index (χ0n) is 22.2. The Kier molecular flexibility index (Phi) is 4.80. The molecule has 2 bridgehead atoms. The Balaban J connectivity index is 1.25. The van der Waals surface area contributed by atoms with Gasteiger partial charge in [-0.3, -0.25) is 4.98 Å². The van der Waals surface area contributed by atoms with Gasteiger partial charge in [-0.1, -0.05) is 36.8 Å². The predicted octanol–water partition coefficient (Wildman–Crippen LogP) is 8.05. The Morgan fingerprint density at radius 3 is 2.80 bits per heavy atom. The van der Waals surface area contributed by atoms with Crippen LogP contribution in [0.25, 0.3) is 10.8 Å². The highest BCUT2D eigenvalue weighted by molar-refractivity contribution is 5.82. The standard InChI is InChI=1S/C33H42N2/c1-22(2)35(4)28-8-7-26-18-27-11-13-31(3)29(24-6-5-23-12-16-34-20-25(23)17-24)9-10-30(31)33(27)15-14-32(26,19-28)21-33/h5-6,11-12,16-18,20,22,28-30H,7-10,13-15,19,21H2,1-4H3/t28-,29+,30+,31?,32-,33+/m0/s1. The highest BCUT2D eigenvalue weighted by Gasteiger charge is 2.65. The monoisotopic (exact) mass is 466 g/mol. The van der Waals surface area contributed by atoms with E-state index >= 15 is 0 Å². The van der Waals surface area contributed by atoms with Crippen LogP contribution in [-0.2, 0) is 0 Å². The van der Waals surface area contributed by atoms with Crippen molar-refractivity contribution in [1.29, 1.82) is 0 Å². The number of fused-ring (bicyclic) bond motifs is 2. The van der Waals surface area contributed by atoms with Crippen molar-refractivity contribution >= 4 is 10.8 Å². The van der Waals surface area contributed by atoms with Gasteiger partial charge in [0.05, 0.1) is 0 Å². The van der Waals surface area contributed by atoms with Crippen LogP contribution in [0.2, 0.25) is 0 Å². The first-order valence-corrected chi connectivity index (χ1v) is 14.3. The predicted molar refractivity (Wildman–Crippen MR) is 145 cm³/mol. The summed E-state index contributed by atoms with van der Waals surface area (Å²) in [5.41, 5.74) is 6.42. The molecule has 184 valence electrons. The fourth-order valence-electron chi connectivity index (χ4n) is 9.92. The summed E-state index contributed by atoms with van der Waals surface area (Å²) < 4.78 is 0. The molecule has 0 amide bonds. The smallest absolute Gasteiger partial charge is 0.0346 e. The van der Waals surface area contributed by atoms with E-state index in [0.717, 1.165) is 12.0 Å². The molecule has 1 aromatic carbocycles. The van der Waals surface area contributed by atoms with E-state index in [-0.39, 0.29) is 0 Å². The number of hydrogen-bond donors (Lipinski definition) is 0. The largest absolute Gasteiger partial charge is 0.301 e. The molecule has 1 heterocycles. The maximum absolute atomic E-state index is 4.41. The number of pyridine rings is 1. The average Bonchev–Trinajstić information content (AvgIpc) is 3.38. The molecule has 0 N–H and O–H groups in total. The molecule has 5 aliphatic rings. The van der Waals surface area contributed by atoms with Crippen LogP contribution in [0.3, 0.4) is 0 Å². The Hall–Kier alpha value is -1.93. The lowest BCUT2D eigenvalue weighted by molar-refractivity contribution is 0.0456. The molecule has 7 rings (SSSR count). The Morgan fingerprint density at radius 2 is 1.94 bits per heavy atom. The van der Waals surface area contributed by atoms with Crippen LogP contribution in [0.4, 0.5) is 0 Å². The van der Waals surface area contributed by atoms with Crippen molar-refractivity contribution in [3.63, 3.8) is 0 Å². The fourth-order valence-corrected chi connectivity index (χ4v) is 9.92. The van der Waals surface area contributed by atoms with Crippen LogP contribution >= 0.6 is 0 Å². The summed E-state index contributed by atoms with van der Waals surface area (Å²) >= 11 is 0. The molecule has 0 aliphatic heterocycles. The van der Waals surface area contributed by atoms with Crippen molar-refractivity contribution in [2.24, 2.45) is 22.2 Å². The lowest BCUT2D eigenvalue weighted by Crippen LogP contribution is -2.48. The van der Waals surface area contributed by atoms with Crippen LogP contribution in [0.5, 0.6) is 0 Å². The highest BCUT2D eigenvalue weighted by atomic mass is 15.2. The van der Waals surface area contributed by atoms with E-state index in [9.17, 15) is 0 Å². The van der Waals surface area contributed by atoms with Gasteiger partial charge >= 0.3 is 0 Å². The lowest BCUT2D eigenvalue weighted by atomic mass is 9.50. The molecule has 1 aromatic heterocycles. The number of allylic oxidation sites excluding steroid dienone is 4. The third kappa shape index (κ3) is 3.02. The van der Waals surface area contributed by atoms with Crippen molar-refractivity contribution < 1.29 is 0 Å². The molecular weight excluding hydrogens is 424 g/mol. The zero-order valence-corrected chi connectivity index (χ0v) is 22.2. The van der Waals surface area contributed by atoms with E-state index in [0.29, 0.717) is 28.2 Å². The number of nitrogens with zero attached hydrogens (tertiary/aromatic N) is 2. The van der Waals surface area contributed by atoms with Crippen LogP contribution in [-0.4, -0.2) is 29.0 Å². The van der Waals surface area contributed by atoms with E-state index in [2.05, 4.69) is 74.1 Å². The molecule has 1 unspecified atom stereocenters. The molecule has 6 atom stereocenters. The molecule has 2 nitrogen and oxygen atoms in total. The molecule has 2 heteroatoms. The number of hydrogen-bond acceptors (Lipinski definition) is 2. The minimum absolute atomic E-state index is 0.374. The molecule has 2 spiro atoms. The molecule has 35 heavy (non-hydrogen) atoms. The second-order valence-electron chi connectivity index (χ2n) is 13.5. The van der Waals surface area contributed by atoms with Crippen LogP contribution in [0.1, 0.15) is 90.0 Å². The minimum Gasteiger partial charge on any atom is -0.301 e. The van der Waals surface area contributed by atoms with Gasteiger partial charge < -0.3 is 4.90 Å². The molecule has 5 aliphatic carbocycles. The third-order valence-electron chi connectivity index (χ3n) is 11.9. The number of rotatable bonds is 3. The first kappa shape index (κ1) is 22.3. The number of aromatic nitrogens is 1. The fraction of sp³-hybridized carbons (Fsp3) is 0.606. The first-order chi connectivity index (χ1) is 16.8. The summed E-state index contributed by atoms with van der Waals surface area (Å²) in [7, 11) is 2.37. The van der Waals surface area contributed by atoms with Gasteiger partial charge in [0.25, 0.3) is 0 Å². The van der Waals surface area contributed by atoms with Gasteiger partial charge in [0.15, 0.2) is 0 Å². The molecule has 2 aromatic rings. The summed E-state index contributed by atoms with van der Waals surface area (Å²) in [6.45, 7) is 7.40. The van der Waals surface area contributed by atoms with Gasteiger partial charge in [0, 0.05) is 29.9 Å². The van der Waals surface area contributed by atoms with Gasteiger partial charge in [-0.2, -0.15) is 0 Å². The van der Waals surface area contributed by atoms with E-state index in [1.807, 2.05) is 18.0 Å². The zero-order chi connectivity index (χ0) is 24.0. The van der Waals surface area contributed by atoms with Gasteiger partial charge in [0.2, 0.25) is 0 Å². The highest BCUT2D eigenvalue weighted by Crippen LogP contribution is 2.75. The first-order valence-electron chi connectivity index (χ1n) is 14.3. The number of benzene rings is 1. The summed E-state index contributed by atoms with van der Waals surface area (Å²) in [4.78, 5) is 7.08. The van der Waals surface area contributed by atoms with Crippen molar-refractivity contribution in [2.75, 3.05) is 7.05 Å². The maximum Gasteiger partial charge on any atom is 0.0346 e. The van der Waals surface area contributed by atoms with E-state index in [4.69, 9.17) is 0 Å². The van der Waals surface area contributed by atoms with E-state index in [1.165, 1.54) is 68.6 Å². The summed E-state index contributed by atoms with van der Waals surface area (Å²) in [5.74, 6) is 1.49. The topological polar surface area (TPSA) is 16.1 Å². The van der Waals surface area contributed by atoms with Gasteiger partial charge in [0.1, 0.15) is 0 Å². The van der Waals surface area contributed by atoms with Gasteiger partial charge in [-0.25, -0.2) is 0 Å².